The molecule has 3 rings (SSSR count). The summed E-state index contributed by atoms with van der Waals surface area (Å²) in [5.74, 6) is 0. The second kappa shape index (κ2) is 6.00. The van der Waals surface area contributed by atoms with Crippen LogP contribution in [0.4, 0.5) is 0 Å². The molecule has 0 aliphatic rings. The summed E-state index contributed by atoms with van der Waals surface area (Å²) in [6.07, 6.45) is 0. The van der Waals surface area contributed by atoms with Gasteiger partial charge in [0, 0.05) is 34.2 Å². The van der Waals surface area contributed by atoms with Crippen molar-refractivity contribution in [3.8, 4) is 0 Å². The number of hydrogen-bond donors (Lipinski definition) is 2. The molecule has 2 nitrogen and oxygen atoms in total. The van der Waals surface area contributed by atoms with E-state index in [1.807, 2.05) is 36.4 Å². The first kappa shape index (κ1) is 13.7. The number of fused-ring (bicyclic) bond motifs is 1. The standard InChI is InChI=1S/C16H14BrClN2/c17-12-7-5-11(6-8-12)9-19-10-15-16(18)13-3-1-2-4-14(13)20-15/h1-8,19-20H,9-10H2. The normalized spacial score (nSPS) is 11.1. The molecule has 0 aliphatic heterocycles. The van der Waals surface area contributed by atoms with Crippen molar-refractivity contribution in [1.82, 2.24) is 10.3 Å². The van der Waals surface area contributed by atoms with Gasteiger partial charge < -0.3 is 10.3 Å². The van der Waals surface area contributed by atoms with E-state index in [9.17, 15) is 0 Å². The quantitative estimate of drug-likeness (QED) is 0.690. The summed E-state index contributed by atoms with van der Waals surface area (Å²) < 4.78 is 1.10. The molecule has 0 radical (unpaired) electrons. The molecule has 3 aromatic rings. The van der Waals surface area contributed by atoms with Gasteiger partial charge in [0.05, 0.1) is 5.02 Å². The van der Waals surface area contributed by atoms with Crippen molar-refractivity contribution >= 4 is 38.4 Å². The number of hydrogen-bond acceptors (Lipinski definition) is 1. The van der Waals surface area contributed by atoms with E-state index >= 15 is 0 Å². The van der Waals surface area contributed by atoms with Crippen LogP contribution in [-0.4, -0.2) is 4.98 Å². The molecule has 0 atom stereocenters. The van der Waals surface area contributed by atoms with Crippen LogP contribution in [0, 0.1) is 0 Å². The lowest BCUT2D eigenvalue weighted by molar-refractivity contribution is 0.684. The molecule has 0 aliphatic carbocycles. The van der Waals surface area contributed by atoms with Gasteiger partial charge in [-0.25, -0.2) is 0 Å². The summed E-state index contributed by atoms with van der Waals surface area (Å²) in [5.41, 5.74) is 3.36. The first-order valence-electron chi connectivity index (χ1n) is 6.44. The van der Waals surface area contributed by atoms with Crippen LogP contribution in [0.3, 0.4) is 0 Å². The highest BCUT2D eigenvalue weighted by Crippen LogP contribution is 2.27. The molecule has 1 heterocycles. The lowest BCUT2D eigenvalue weighted by atomic mass is 10.2. The van der Waals surface area contributed by atoms with Gasteiger partial charge in [-0.1, -0.05) is 57.9 Å². The van der Waals surface area contributed by atoms with Crippen molar-refractivity contribution in [3.05, 3.63) is 69.3 Å². The third-order valence-corrected chi connectivity index (χ3v) is 4.22. The van der Waals surface area contributed by atoms with Gasteiger partial charge in [-0.05, 0) is 23.8 Å². The van der Waals surface area contributed by atoms with Crippen molar-refractivity contribution in [3.63, 3.8) is 0 Å². The Morgan fingerprint density at radius 1 is 1.00 bits per heavy atom. The molecular formula is C16H14BrClN2. The Balaban J connectivity index is 1.68. The lowest BCUT2D eigenvalue weighted by Crippen LogP contribution is -2.13. The summed E-state index contributed by atoms with van der Waals surface area (Å²) in [7, 11) is 0. The lowest BCUT2D eigenvalue weighted by Gasteiger charge is -2.04. The zero-order chi connectivity index (χ0) is 13.9. The highest BCUT2D eigenvalue weighted by atomic mass is 79.9. The smallest absolute Gasteiger partial charge is 0.0705 e. The van der Waals surface area contributed by atoms with E-state index in [1.54, 1.807) is 0 Å². The van der Waals surface area contributed by atoms with Crippen LogP contribution in [0.15, 0.2) is 53.0 Å². The molecule has 0 unspecified atom stereocenters. The second-order valence-corrected chi connectivity index (χ2v) is 5.99. The zero-order valence-electron chi connectivity index (χ0n) is 10.8. The summed E-state index contributed by atoms with van der Waals surface area (Å²) in [6, 6.07) is 16.4. The SMILES string of the molecule is Clc1c(CNCc2ccc(Br)cc2)[nH]c2ccccc12. The van der Waals surface area contributed by atoms with E-state index in [0.717, 1.165) is 39.2 Å². The van der Waals surface area contributed by atoms with Gasteiger partial charge in [0.15, 0.2) is 0 Å². The molecule has 2 N–H and O–H groups in total. The largest absolute Gasteiger partial charge is 0.356 e. The molecule has 102 valence electrons. The highest BCUT2D eigenvalue weighted by molar-refractivity contribution is 9.10. The number of rotatable bonds is 4. The molecule has 4 heteroatoms. The third-order valence-electron chi connectivity index (χ3n) is 3.26. The fourth-order valence-corrected chi connectivity index (χ4v) is 2.76. The second-order valence-electron chi connectivity index (χ2n) is 4.69. The van der Waals surface area contributed by atoms with Crippen LogP contribution in [-0.2, 0) is 13.1 Å². The molecule has 0 saturated carbocycles. The van der Waals surface area contributed by atoms with Crippen molar-refractivity contribution in [2.24, 2.45) is 0 Å². The maximum Gasteiger partial charge on any atom is 0.0705 e. The minimum Gasteiger partial charge on any atom is -0.356 e. The van der Waals surface area contributed by atoms with Gasteiger partial charge in [-0.2, -0.15) is 0 Å². The number of nitrogens with one attached hydrogen (secondary N) is 2. The average Bonchev–Trinajstić information content (AvgIpc) is 2.78. The fourth-order valence-electron chi connectivity index (χ4n) is 2.22. The fraction of sp³-hybridized carbons (Fsp3) is 0.125. The molecule has 0 amide bonds. The monoisotopic (exact) mass is 348 g/mol. The van der Waals surface area contributed by atoms with E-state index in [1.165, 1.54) is 5.56 Å². The number of benzene rings is 2. The molecule has 2 aromatic carbocycles. The molecule has 20 heavy (non-hydrogen) atoms. The van der Waals surface area contributed by atoms with Gasteiger partial charge in [-0.15, -0.1) is 0 Å². The minimum absolute atomic E-state index is 0.726. The van der Waals surface area contributed by atoms with Crippen LogP contribution < -0.4 is 5.32 Å². The Morgan fingerprint density at radius 3 is 2.50 bits per heavy atom. The van der Waals surface area contributed by atoms with E-state index in [2.05, 4.69) is 38.4 Å². The summed E-state index contributed by atoms with van der Waals surface area (Å²) in [6.45, 7) is 1.54. The van der Waals surface area contributed by atoms with Crippen LogP contribution in [0.5, 0.6) is 0 Å². The molecule has 0 fully saturated rings. The van der Waals surface area contributed by atoms with Gasteiger partial charge in [0.25, 0.3) is 0 Å². The third kappa shape index (κ3) is 2.90. The maximum absolute atomic E-state index is 6.38. The van der Waals surface area contributed by atoms with Crippen LogP contribution in [0.1, 0.15) is 11.3 Å². The summed E-state index contributed by atoms with van der Waals surface area (Å²) in [5, 5.41) is 5.30. The Morgan fingerprint density at radius 2 is 1.75 bits per heavy atom. The first-order valence-corrected chi connectivity index (χ1v) is 7.61. The van der Waals surface area contributed by atoms with Crippen molar-refractivity contribution in [2.75, 3.05) is 0 Å². The van der Waals surface area contributed by atoms with E-state index in [4.69, 9.17) is 11.6 Å². The maximum atomic E-state index is 6.38. The Bertz CT molecular complexity index is 719. The van der Waals surface area contributed by atoms with Crippen LogP contribution in [0.25, 0.3) is 10.9 Å². The predicted octanol–water partition coefficient (Wildman–Crippen LogP) is 4.87. The van der Waals surface area contributed by atoms with Crippen LogP contribution in [0.2, 0.25) is 5.02 Å². The Labute approximate surface area is 131 Å². The highest BCUT2D eigenvalue weighted by Gasteiger charge is 2.08. The van der Waals surface area contributed by atoms with Crippen LogP contribution >= 0.6 is 27.5 Å². The number of H-pyrrole nitrogens is 1. The molecule has 0 spiro atoms. The minimum atomic E-state index is 0.726. The number of aromatic amines is 1. The average molecular weight is 350 g/mol. The Hall–Kier alpha value is -1.29. The van der Waals surface area contributed by atoms with Gasteiger partial charge >= 0.3 is 0 Å². The molecule has 0 saturated heterocycles. The topological polar surface area (TPSA) is 27.8 Å². The molecular weight excluding hydrogens is 336 g/mol. The zero-order valence-corrected chi connectivity index (χ0v) is 13.1. The van der Waals surface area contributed by atoms with E-state index in [0.29, 0.717) is 0 Å². The van der Waals surface area contributed by atoms with Crippen molar-refractivity contribution < 1.29 is 0 Å². The van der Waals surface area contributed by atoms with E-state index < -0.39 is 0 Å². The van der Waals surface area contributed by atoms with Gasteiger partial charge in [0.2, 0.25) is 0 Å². The number of aromatic nitrogens is 1. The van der Waals surface area contributed by atoms with Gasteiger partial charge in [-0.3, -0.25) is 0 Å². The van der Waals surface area contributed by atoms with Crippen molar-refractivity contribution in [2.45, 2.75) is 13.1 Å². The predicted molar refractivity (Wildman–Crippen MR) is 88.0 cm³/mol. The summed E-state index contributed by atoms with van der Waals surface area (Å²) in [4.78, 5) is 3.36. The molecule has 0 bridgehead atoms. The number of para-hydroxylation sites is 1. The Kier molecular flexibility index (Phi) is 4.10. The van der Waals surface area contributed by atoms with E-state index in [-0.39, 0.29) is 0 Å². The first-order chi connectivity index (χ1) is 9.74. The number of halogens is 2. The van der Waals surface area contributed by atoms with Crippen molar-refractivity contribution in [1.29, 1.82) is 0 Å². The van der Waals surface area contributed by atoms with Gasteiger partial charge in [0.1, 0.15) is 0 Å². The summed E-state index contributed by atoms with van der Waals surface area (Å²) >= 11 is 9.82. The molecule has 1 aromatic heterocycles.